The van der Waals surface area contributed by atoms with Crippen LogP contribution < -0.4 is 10.6 Å². The monoisotopic (exact) mass is 454 g/mol. The molecule has 8 nitrogen and oxygen atoms in total. The Balaban J connectivity index is 2.43. The number of carbonyl (C=O) groups excluding carboxylic acids is 2. The summed E-state index contributed by atoms with van der Waals surface area (Å²) in [5.74, 6) is -0.242. The van der Waals surface area contributed by atoms with Crippen LogP contribution in [-0.2, 0) is 9.59 Å². The van der Waals surface area contributed by atoms with Gasteiger partial charge < -0.3 is 10.6 Å². The first-order valence-electron chi connectivity index (χ1n) is 9.91. The number of hydrogen-bond donors (Lipinski definition) is 6. The van der Waals surface area contributed by atoms with Crippen LogP contribution in [0.4, 0.5) is 0 Å². The number of amidine groups is 2. The fraction of sp³-hybridized carbons (Fsp3) is 0.700. The maximum absolute atomic E-state index is 12.0. The zero-order chi connectivity index (χ0) is 23.3. The summed E-state index contributed by atoms with van der Waals surface area (Å²) in [6.07, 6.45) is 2.94. The Bertz CT molecular complexity index is 737. The van der Waals surface area contributed by atoms with Gasteiger partial charge in [-0.25, -0.2) is 0 Å². The molecule has 0 bridgehead atoms. The van der Waals surface area contributed by atoms with Gasteiger partial charge in [-0.15, -0.1) is 0 Å². The molecule has 2 unspecified atom stereocenters. The van der Waals surface area contributed by atoms with E-state index in [4.69, 9.17) is 21.6 Å². The van der Waals surface area contributed by atoms with E-state index >= 15 is 0 Å². The van der Waals surface area contributed by atoms with Crippen LogP contribution in [0.5, 0.6) is 0 Å². The molecule has 1 rings (SSSR count). The van der Waals surface area contributed by atoms with Crippen LogP contribution >= 0.6 is 23.5 Å². The Morgan fingerprint density at radius 1 is 0.833 bits per heavy atom. The fourth-order valence-corrected chi connectivity index (χ4v) is 4.20. The zero-order valence-corrected chi connectivity index (χ0v) is 20.2. The number of thioether (sulfide) groups is 2. The molecule has 2 amide bonds. The molecule has 1 fully saturated rings. The molecule has 0 heterocycles. The predicted molar refractivity (Wildman–Crippen MR) is 127 cm³/mol. The van der Waals surface area contributed by atoms with Crippen molar-refractivity contribution in [2.45, 2.75) is 67.2 Å². The van der Waals surface area contributed by atoms with Gasteiger partial charge in [-0.3, -0.25) is 31.2 Å². The first kappa shape index (κ1) is 26.4. The van der Waals surface area contributed by atoms with E-state index in [-0.39, 0.29) is 34.0 Å². The molecular weight excluding hydrogens is 420 g/mol. The second-order valence-corrected chi connectivity index (χ2v) is 11.8. The van der Waals surface area contributed by atoms with Crippen LogP contribution in [0, 0.1) is 44.3 Å². The van der Waals surface area contributed by atoms with Crippen LogP contribution in [0.1, 0.15) is 67.2 Å². The molecule has 0 saturated heterocycles. The first-order valence-corrected chi connectivity index (χ1v) is 11.5. The van der Waals surface area contributed by atoms with E-state index in [9.17, 15) is 9.59 Å². The second kappa shape index (κ2) is 10.6. The molecule has 0 aromatic heterocycles. The Kier molecular flexibility index (Phi) is 9.28. The highest BCUT2D eigenvalue weighted by Crippen LogP contribution is 2.37. The minimum absolute atomic E-state index is 0.0183. The lowest BCUT2D eigenvalue weighted by Gasteiger charge is -2.19. The van der Waals surface area contributed by atoms with Crippen molar-refractivity contribution < 1.29 is 9.59 Å². The molecular formula is C20H34N6O2S2. The highest BCUT2D eigenvalue weighted by atomic mass is 32.2. The van der Waals surface area contributed by atoms with E-state index in [1.807, 2.05) is 0 Å². The molecule has 0 spiro atoms. The van der Waals surface area contributed by atoms with Gasteiger partial charge in [0.1, 0.15) is 0 Å². The third-order valence-corrected chi connectivity index (χ3v) is 6.22. The minimum atomic E-state index is -0.592. The smallest absolute Gasteiger partial charge is 0.231 e. The van der Waals surface area contributed by atoms with E-state index in [1.165, 1.54) is 0 Å². The molecule has 30 heavy (non-hydrogen) atoms. The average molecular weight is 455 g/mol. The van der Waals surface area contributed by atoms with Crippen molar-refractivity contribution in [1.29, 1.82) is 21.6 Å². The Morgan fingerprint density at radius 2 is 1.30 bits per heavy atom. The average Bonchev–Trinajstić information content (AvgIpc) is 3.00. The summed E-state index contributed by atoms with van der Waals surface area (Å²) < 4.78 is 0. The van der Waals surface area contributed by atoms with Crippen molar-refractivity contribution >= 4 is 55.8 Å². The van der Waals surface area contributed by atoms with Crippen molar-refractivity contribution in [2.24, 2.45) is 22.7 Å². The van der Waals surface area contributed by atoms with Gasteiger partial charge in [0.05, 0.1) is 10.1 Å². The summed E-state index contributed by atoms with van der Waals surface area (Å²) in [6, 6.07) is 0. The lowest BCUT2D eigenvalue weighted by Crippen LogP contribution is -2.38. The molecule has 2 atom stereocenters. The van der Waals surface area contributed by atoms with Crippen LogP contribution in [0.15, 0.2) is 0 Å². The molecule has 0 aromatic rings. The summed E-state index contributed by atoms with van der Waals surface area (Å²) in [5, 5.41) is 37.9. The maximum Gasteiger partial charge on any atom is 0.231 e. The Hall–Kier alpha value is -1.68. The summed E-state index contributed by atoms with van der Waals surface area (Å²) in [6.45, 7) is 10.6. The predicted octanol–water partition coefficient (Wildman–Crippen LogP) is 4.41. The summed E-state index contributed by atoms with van der Waals surface area (Å²) in [5.41, 5.74) is -1.18. The van der Waals surface area contributed by atoms with Crippen LogP contribution in [0.3, 0.4) is 0 Å². The van der Waals surface area contributed by atoms with Gasteiger partial charge in [0, 0.05) is 16.7 Å². The van der Waals surface area contributed by atoms with Crippen LogP contribution in [0.25, 0.3) is 0 Å². The zero-order valence-electron chi connectivity index (χ0n) is 18.6. The van der Waals surface area contributed by atoms with Gasteiger partial charge >= 0.3 is 0 Å². The maximum atomic E-state index is 12.0. The van der Waals surface area contributed by atoms with Crippen molar-refractivity contribution in [1.82, 2.24) is 10.6 Å². The molecule has 10 heteroatoms. The Morgan fingerprint density at radius 3 is 1.77 bits per heavy atom. The van der Waals surface area contributed by atoms with Crippen molar-refractivity contribution in [3.8, 4) is 0 Å². The van der Waals surface area contributed by atoms with E-state index in [2.05, 4.69) is 10.6 Å². The normalized spacial score (nSPS) is 19.1. The first-order chi connectivity index (χ1) is 13.6. The van der Waals surface area contributed by atoms with Gasteiger partial charge in [0.25, 0.3) is 0 Å². The third kappa shape index (κ3) is 8.99. The van der Waals surface area contributed by atoms with Gasteiger partial charge in [0.2, 0.25) is 11.8 Å². The topological polar surface area (TPSA) is 154 Å². The lowest BCUT2D eigenvalue weighted by atomic mass is 9.96. The fourth-order valence-electron chi connectivity index (χ4n) is 2.75. The summed E-state index contributed by atoms with van der Waals surface area (Å²) >= 11 is 1.93. The largest absolute Gasteiger partial charge is 0.305 e. The Labute approximate surface area is 187 Å². The number of nitrogens with one attached hydrogen (secondary N) is 6. The standard InChI is InChI=1S/C20H34N6O2S2/c1-19(2,3)15(27)25-17(23)29-13(21)10-11-7-8-12(9-11)14(22)30-18(24)26-16(28)20(4,5)6/h11-12,21-22H,7-10H2,1-6H3,(H2,23,25,27)(H2,24,26,28). The SMILES string of the molecule is CC(C)(C)C(=O)NC(=N)SC(=N)CC1CCC(C(=N)SC(=N)NC(=O)C(C)(C)C)C1. The third-order valence-electron chi connectivity index (χ3n) is 4.64. The number of hydrogen-bond acceptors (Lipinski definition) is 8. The molecule has 6 N–H and O–H groups in total. The van der Waals surface area contributed by atoms with Gasteiger partial charge in [0.15, 0.2) is 10.3 Å². The van der Waals surface area contributed by atoms with Crippen molar-refractivity contribution in [3.63, 3.8) is 0 Å². The van der Waals surface area contributed by atoms with Gasteiger partial charge in [-0.1, -0.05) is 41.5 Å². The van der Waals surface area contributed by atoms with Crippen molar-refractivity contribution in [3.05, 3.63) is 0 Å². The lowest BCUT2D eigenvalue weighted by molar-refractivity contribution is -0.127. The number of rotatable bonds is 3. The molecule has 1 saturated carbocycles. The van der Waals surface area contributed by atoms with Gasteiger partial charge in [-0.2, -0.15) is 0 Å². The summed E-state index contributed by atoms with van der Waals surface area (Å²) in [4.78, 5) is 23.9. The molecule has 1 aliphatic carbocycles. The van der Waals surface area contributed by atoms with Crippen LogP contribution in [-0.4, -0.2) is 32.2 Å². The molecule has 0 radical (unpaired) electrons. The minimum Gasteiger partial charge on any atom is -0.305 e. The van der Waals surface area contributed by atoms with Gasteiger partial charge in [-0.05, 0) is 55.1 Å². The van der Waals surface area contributed by atoms with E-state index < -0.39 is 10.8 Å². The molecule has 0 aliphatic heterocycles. The quantitative estimate of drug-likeness (QED) is 0.276. The van der Waals surface area contributed by atoms with Crippen molar-refractivity contribution in [2.75, 3.05) is 0 Å². The van der Waals surface area contributed by atoms with E-state index in [0.29, 0.717) is 16.5 Å². The number of carbonyl (C=O) groups is 2. The molecule has 0 aromatic carbocycles. The number of amides is 2. The molecule has 1 aliphatic rings. The van der Waals surface area contributed by atoms with Crippen LogP contribution in [0.2, 0.25) is 0 Å². The molecule has 168 valence electrons. The summed E-state index contributed by atoms with van der Waals surface area (Å²) in [7, 11) is 0. The van der Waals surface area contributed by atoms with E-state index in [1.54, 1.807) is 41.5 Å². The highest BCUT2D eigenvalue weighted by molar-refractivity contribution is 8.26. The highest BCUT2D eigenvalue weighted by Gasteiger charge is 2.31. The second-order valence-electron chi connectivity index (χ2n) is 9.64. The van der Waals surface area contributed by atoms with E-state index in [0.717, 1.165) is 42.8 Å².